The second-order valence-corrected chi connectivity index (χ2v) is 6.16. The van der Waals surface area contributed by atoms with E-state index in [0.29, 0.717) is 6.54 Å². The molecule has 1 aromatic carbocycles. The highest BCUT2D eigenvalue weighted by Gasteiger charge is 2.65. The normalized spacial score (nSPS) is 20.2. The zero-order valence-corrected chi connectivity index (χ0v) is 11.6. The summed E-state index contributed by atoms with van der Waals surface area (Å²) >= 11 is 0. The van der Waals surface area contributed by atoms with Gasteiger partial charge in [-0.2, -0.15) is 0 Å². The number of carbonyl (C=O) groups is 1. The van der Waals surface area contributed by atoms with Gasteiger partial charge in [0.1, 0.15) is 0 Å². The van der Waals surface area contributed by atoms with Crippen molar-refractivity contribution in [3.05, 3.63) is 30.3 Å². The lowest BCUT2D eigenvalue weighted by Gasteiger charge is -2.09. The Balaban J connectivity index is 1.81. The molecule has 0 unspecified atom stereocenters. The summed E-state index contributed by atoms with van der Waals surface area (Å²) in [6.07, 6.45) is 0. The van der Waals surface area contributed by atoms with Crippen molar-refractivity contribution < 1.29 is 4.79 Å². The zero-order valence-electron chi connectivity index (χ0n) is 11.6. The summed E-state index contributed by atoms with van der Waals surface area (Å²) in [7, 11) is 0. The number of carbonyl (C=O) groups excluding carboxylic acids is 1. The summed E-state index contributed by atoms with van der Waals surface area (Å²) < 4.78 is 0. The summed E-state index contributed by atoms with van der Waals surface area (Å²) in [4.78, 5) is 11.9. The van der Waals surface area contributed by atoms with E-state index in [1.807, 2.05) is 30.3 Å². The van der Waals surface area contributed by atoms with Crippen molar-refractivity contribution in [3.8, 4) is 0 Å². The van der Waals surface area contributed by atoms with Crippen molar-refractivity contribution >= 4 is 11.6 Å². The third-order valence-corrected chi connectivity index (χ3v) is 4.55. The van der Waals surface area contributed by atoms with Crippen molar-refractivity contribution in [3.63, 3.8) is 0 Å². The molecule has 1 aliphatic rings. The van der Waals surface area contributed by atoms with Gasteiger partial charge in [-0.3, -0.25) is 4.79 Å². The molecular weight excluding hydrogens is 224 g/mol. The van der Waals surface area contributed by atoms with Crippen LogP contribution in [-0.2, 0) is 4.79 Å². The van der Waals surface area contributed by atoms with Gasteiger partial charge in [0.15, 0.2) is 0 Å². The highest BCUT2D eigenvalue weighted by molar-refractivity contribution is 5.81. The van der Waals surface area contributed by atoms with Crippen LogP contribution in [0.25, 0.3) is 0 Å². The molecule has 1 aliphatic carbocycles. The molecule has 18 heavy (non-hydrogen) atoms. The highest BCUT2D eigenvalue weighted by atomic mass is 16.2. The van der Waals surface area contributed by atoms with E-state index in [2.05, 4.69) is 38.3 Å². The van der Waals surface area contributed by atoms with Gasteiger partial charge in [0.05, 0.1) is 6.54 Å². The lowest BCUT2D eigenvalue weighted by Crippen LogP contribution is -2.34. The second-order valence-electron chi connectivity index (χ2n) is 6.16. The van der Waals surface area contributed by atoms with Gasteiger partial charge in [-0.15, -0.1) is 0 Å². The maximum absolute atomic E-state index is 11.9. The monoisotopic (exact) mass is 246 g/mol. The molecule has 0 aromatic heterocycles. The quantitative estimate of drug-likeness (QED) is 0.857. The SMILES string of the molecule is CC1(C)C(NC(=O)CNc2ccccc2)C1(C)C. The first-order valence-electron chi connectivity index (χ1n) is 6.44. The smallest absolute Gasteiger partial charge is 0.239 e. The maximum Gasteiger partial charge on any atom is 0.239 e. The Morgan fingerprint density at radius 1 is 1.11 bits per heavy atom. The van der Waals surface area contributed by atoms with Crippen LogP contribution in [0, 0.1) is 10.8 Å². The number of para-hydroxylation sites is 1. The first-order valence-corrected chi connectivity index (χ1v) is 6.44. The third-order valence-electron chi connectivity index (χ3n) is 4.55. The van der Waals surface area contributed by atoms with Crippen LogP contribution in [0.2, 0.25) is 0 Å². The van der Waals surface area contributed by atoms with Gasteiger partial charge in [-0.05, 0) is 23.0 Å². The fourth-order valence-corrected chi connectivity index (χ4v) is 2.51. The van der Waals surface area contributed by atoms with Gasteiger partial charge >= 0.3 is 0 Å². The van der Waals surface area contributed by atoms with Crippen LogP contribution in [0.3, 0.4) is 0 Å². The lowest BCUT2D eigenvalue weighted by atomic mass is 10.0. The van der Waals surface area contributed by atoms with Crippen LogP contribution in [0.4, 0.5) is 5.69 Å². The zero-order chi connectivity index (χ0) is 13.4. The van der Waals surface area contributed by atoms with E-state index in [4.69, 9.17) is 0 Å². The number of nitrogens with one attached hydrogen (secondary N) is 2. The molecule has 1 saturated carbocycles. The molecule has 1 amide bonds. The molecule has 98 valence electrons. The van der Waals surface area contributed by atoms with E-state index in [-0.39, 0.29) is 22.8 Å². The van der Waals surface area contributed by atoms with E-state index in [1.54, 1.807) is 0 Å². The number of amides is 1. The minimum Gasteiger partial charge on any atom is -0.376 e. The van der Waals surface area contributed by atoms with Gasteiger partial charge < -0.3 is 10.6 Å². The summed E-state index contributed by atoms with van der Waals surface area (Å²) in [6.45, 7) is 9.11. The molecule has 0 atom stereocenters. The molecule has 3 heteroatoms. The fraction of sp³-hybridized carbons (Fsp3) is 0.533. The number of hydrogen-bond donors (Lipinski definition) is 2. The van der Waals surface area contributed by atoms with E-state index in [9.17, 15) is 4.79 Å². The van der Waals surface area contributed by atoms with Crippen LogP contribution in [0.5, 0.6) is 0 Å². The summed E-state index contributed by atoms with van der Waals surface area (Å²) in [5.41, 5.74) is 1.35. The van der Waals surface area contributed by atoms with Crippen LogP contribution >= 0.6 is 0 Å². The van der Waals surface area contributed by atoms with Crippen molar-refractivity contribution in [1.82, 2.24) is 5.32 Å². The molecule has 0 heterocycles. The first kappa shape index (κ1) is 12.9. The largest absolute Gasteiger partial charge is 0.376 e. The summed E-state index contributed by atoms with van der Waals surface area (Å²) in [6, 6.07) is 10.0. The average molecular weight is 246 g/mol. The Morgan fingerprint density at radius 2 is 1.67 bits per heavy atom. The standard InChI is InChI=1S/C15H22N2O/c1-14(2)13(15(14,3)4)17-12(18)10-16-11-8-6-5-7-9-11/h5-9,13,16H,10H2,1-4H3,(H,17,18). The minimum absolute atomic E-state index is 0.0579. The summed E-state index contributed by atoms with van der Waals surface area (Å²) in [5.74, 6) is 0.0579. The lowest BCUT2D eigenvalue weighted by molar-refractivity contribution is -0.119. The van der Waals surface area contributed by atoms with E-state index in [1.165, 1.54) is 0 Å². The summed E-state index contributed by atoms with van der Waals surface area (Å²) in [5, 5.41) is 6.22. The molecule has 0 saturated heterocycles. The molecule has 1 fully saturated rings. The minimum atomic E-state index is 0.0579. The Hall–Kier alpha value is -1.51. The Morgan fingerprint density at radius 3 is 2.17 bits per heavy atom. The molecule has 0 aliphatic heterocycles. The van der Waals surface area contributed by atoms with Crippen LogP contribution < -0.4 is 10.6 Å². The molecular formula is C15H22N2O. The predicted octanol–water partition coefficient (Wildman–Crippen LogP) is 2.65. The van der Waals surface area contributed by atoms with Gasteiger partial charge in [-0.1, -0.05) is 45.9 Å². The Bertz CT molecular complexity index is 423. The van der Waals surface area contributed by atoms with E-state index < -0.39 is 0 Å². The molecule has 0 spiro atoms. The van der Waals surface area contributed by atoms with Crippen molar-refractivity contribution in [2.45, 2.75) is 33.7 Å². The Kier molecular flexibility index (Phi) is 3.09. The topological polar surface area (TPSA) is 41.1 Å². The molecule has 3 nitrogen and oxygen atoms in total. The van der Waals surface area contributed by atoms with Crippen molar-refractivity contribution in [2.75, 3.05) is 11.9 Å². The molecule has 2 rings (SSSR count). The van der Waals surface area contributed by atoms with Crippen molar-refractivity contribution in [1.29, 1.82) is 0 Å². The van der Waals surface area contributed by atoms with Gasteiger partial charge in [0, 0.05) is 11.7 Å². The van der Waals surface area contributed by atoms with Gasteiger partial charge in [-0.25, -0.2) is 0 Å². The van der Waals surface area contributed by atoms with Crippen LogP contribution in [-0.4, -0.2) is 18.5 Å². The average Bonchev–Trinajstić information content (AvgIpc) is 2.70. The number of benzene rings is 1. The van der Waals surface area contributed by atoms with Crippen LogP contribution in [0.15, 0.2) is 30.3 Å². The number of rotatable bonds is 4. The predicted molar refractivity (Wildman–Crippen MR) is 74.4 cm³/mol. The first-order chi connectivity index (χ1) is 8.35. The highest BCUT2D eigenvalue weighted by Crippen LogP contribution is 2.62. The van der Waals surface area contributed by atoms with Crippen LogP contribution in [0.1, 0.15) is 27.7 Å². The molecule has 0 radical (unpaired) electrons. The van der Waals surface area contributed by atoms with E-state index in [0.717, 1.165) is 5.69 Å². The molecule has 2 N–H and O–H groups in total. The number of anilines is 1. The molecule has 0 bridgehead atoms. The van der Waals surface area contributed by atoms with Crippen molar-refractivity contribution in [2.24, 2.45) is 10.8 Å². The van der Waals surface area contributed by atoms with Gasteiger partial charge in [0.25, 0.3) is 0 Å². The van der Waals surface area contributed by atoms with E-state index >= 15 is 0 Å². The Labute approximate surface area is 109 Å². The maximum atomic E-state index is 11.9. The second kappa shape index (κ2) is 4.30. The number of hydrogen-bond acceptors (Lipinski definition) is 2. The molecule has 1 aromatic rings. The van der Waals surface area contributed by atoms with Gasteiger partial charge in [0.2, 0.25) is 5.91 Å². The third kappa shape index (κ3) is 2.22. The fourth-order valence-electron chi connectivity index (χ4n) is 2.51.